The molecule has 4 rings (SSSR count). The molecule has 1 atom stereocenters. The average molecular weight is 342 g/mol. The molecule has 2 fully saturated rings. The summed E-state index contributed by atoms with van der Waals surface area (Å²) in [5.41, 5.74) is 2.45. The van der Waals surface area contributed by atoms with Crippen molar-refractivity contribution in [1.82, 2.24) is 19.7 Å². The van der Waals surface area contributed by atoms with E-state index in [1.54, 1.807) is 0 Å². The standard InChI is InChI=1S/C19H26N4O2/c1-2-23-11-17(9-21-23)10-22-14-19(15-22)18(5-8-25-19)13-24-12-16-3-6-20-7-4-16/h3-4,6-7,9,11,18H,2,5,8,10,12-15H2,1H3. The number of ether oxygens (including phenoxy) is 2. The van der Waals surface area contributed by atoms with Crippen molar-refractivity contribution in [2.75, 3.05) is 26.3 Å². The highest BCUT2D eigenvalue weighted by atomic mass is 16.5. The van der Waals surface area contributed by atoms with Crippen LogP contribution in [-0.4, -0.2) is 51.6 Å². The Morgan fingerprint density at radius 1 is 1.28 bits per heavy atom. The lowest BCUT2D eigenvalue weighted by molar-refractivity contribution is -0.146. The van der Waals surface area contributed by atoms with E-state index < -0.39 is 0 Å². The summed E-state index contributed by atoms with van der Waals surface area (Å²) in [5.74, 6) is 0.490. The van der Waals surface area contributed by atoms with Gasteiger partial charge in [-0.2, -0.15) is 5.10 Å². The third-order valence-electron chi connectivity index (χ3n) is 5.34. The van der Waals surface area contributed by atoms with Crippen molar-refractivity contribution in [1.29, 1.82) is 0 Å². The lowest BCUT2D eigenvalue weighted by Gasteiger charge is -2.50. The molecular formula is C19H26N4O2. The average Bonchev–Trinajstić information content (AvgIpc) is 3.23. The van der Waals surface area contributed by atoms with Crippen LogP contribution in [0.5, 0.6) is 0 Å². The summed E-state index contributed by atoms with van der Waals surface area (Å²) in [6.07, 6.45) is 8.82. The summed E-state index contributed by atoms with van der Waals surface area (Å²) in [6, 6.07) is 4.00. The van der Waals surface area contributed by atoms with Crippen LogP contribution in [0.3, 0.4) is 0 Å². The Kier molecular flexibility index (Phi) is 4.83. The van der Waals surface area contributed by atoms with Gasteiger partial charge in [-0.15, -0.1) is 0 Å². The zero-order valence-corrected chi connectivity index (χ0v) is 14.8. The van der Waals surface area contributed by atoms with E-state index in [2.05, 4.69) is 28.1 Å². The van der Waals surface area contributed by atoms with Gasteiger partial charge in [-0.25, -0.2) is 0 Å². The van der Waals surface area contributed by atoms with Crippen molar-refractivity contribution < 1.29 is 9.47 Å². The molecule has 4 heterocycles. The lowest BCUT2D eigenvalue weighted by Crippen LogP contribution is -2.64. The van der Waals surface area contributed by atoms with Crippen molar-refractivity contribution in [2.24, 2.45) is 5.92 Å². The molecule has 0 aliphatic carbocycles. The number of hydrogen-bond acceptors (Lipinski definition) is 5. The van der Waals surface area contributed by atoms with E-state index in [-0.39, 0.29) is 5.60 Å². The molecular weight excluding hydrogens is 316 g/mol. The third kappa shape index (κ3) is 3.61. The number of rotatable bonds is 7. The molecule has 0 bridgehead atoms. The Bertz CT molecular complexity index is 682. The molecule has 2 aromatic rings. The van der Waals surface area contributed by atoms with Gasteiger partial charge in [0, 0.05) is 62.9 Å². The second-order valence-corrected chi connectivity index (χ2v) is 7.12. The Morgan fingerprint density at radius 3 is 2.88 bits per heavy atom. The molecule has 1 unspecified atom stereocenters. The van der Waals surface area contributed by atoms with Gasteiger partial charge in [0.05, 0.1) is 25.0 Å². The summed E-state index contributed by atoms with van der Waals surface area (Å²) in [6.45, 7) is 8.24. The molecule has 0 N–H and O–H groups in total. The highest BCUT2D eigenvalue weighted by molar-refractivity contribution is 5.11. The van der Waals surface area contributed by atoms with Gasteiger partial charge in [-0.05, 0) is 31.0 Å². The maximum atomic E-state index is 6.13. The first-order chi connectivity index (χ1) is 12.3. The van der Waals surface area contributed by atoms with Crippen LogP contribution in [0, 0.1) is 5.92 Å². The summed E-state index contributed by atoms with van der Waals surface area (Å²) in [7, 11) is 0. The third-order valence-corrected chi connectivity index (χ3v) is 5.34. The molecule has 1 spiro atoms. The van der Waals surface area contributed by atoms with Crippen molar-refractivity contribution in [3.05, 3.63) is 48.0 Å². The maximum Gasteiger partial charge on any atom is 0.0985 e. The Balaban J connectivity index is 1.26. The number of likely N-dealkylation sites (tertiary alicyclic amines) is 1. The van der Waals surface area contributed by atoms with Gasteiger partial charge in [0.25, 0.3) is 0 Å². The Labute approximate surface area is 148 Å². The fourth-order valence-electron chi connectivity index (χ4n) is 3.91. The van der Waals surface area contributed by atoms with Crippen molar-refractivity contribution in [3.63, 3.8) is 0 Å². The molecule has 0 aromatic carbocycles. The number of aryl methyl sites for hydroxylation is 1. The first-order valence-corrected chi connectivity index (χ1v) is 9.12. The molecule has 25 heavy (non-hydrogen) atoms. The minimum atomic E-state index is -0.000998. The molecule has 2 saturated heterocycles. The van der Waals surface area contributed by atoms with Crippen molar-refractivity contribution in [3.8, 4) is 0 Å². The van der Waals surface area contributed by atoms with Crippen LogP contribution in [0.2, 0.25) is 0 Å². The van der Waals surface area contributed by atoms with Gasteiger partial charge in [0.1, 0.15) is 0 Å². The summed E-state index contributed by atoms with van der Waals surface area (Å²) >= 11 is 0. The largest absolute Gasteiger partial charge is 0.376 e. The minimum Gasteiger partial charge on any atom is -0.376 e. The van der Waals surface area contributed by atoms with Gasteiger partial charge >= 0.3 is 0 Å². The minimum absolute atomic E-state index is 0.000998. The maximum absolute atomic E-state index is 6.13. The first kappa shape index (κ1) is 16.7. The summed E-state index contributed by atoms with van der Waals surface area (Å²) < 4.78 is 14.1. The highest BCUT2D eigenvalue weighted by Crippen LogP contribution is 2.40. The van der Waals surface area contributed by atoms with E-state index in [1.165, 1.54) is 11.1 Å². The van der Waals surface area contributed by atoms with Crippen LogP contribution in [0.25, 0.3) is 0 Å². The predicted octanol–water partition coefficient (Wildman–Crippen LogP) is 2.11. The van der Waals surface area contributed by atoms with Crippen LogP contribution < -0.4 is 0 Å². The number of aromatic nitrogens is 3. The number of hydrogen-bond donors (Lipinski definition) is 0. The smallest absolute Gasteiger partial charge is 0.0985 e. The van der Waals surface area contributed by atoms with Crippen LogP contribution in [0.1, 0.15) is 24.5 Å². The first-order valence-electron chi connectivity index (χ1n) is 9.12. The SMILES string of the molecule is CCn1cc(CN2CC3(C2)OCCC3COCc2ccncc2)cn1. The summed E-state index contributed by atoms with van der Waals surface area (Å²) in [4.78, 5) is 6.48. The molecule has 2 aliphatic rings. The van der Waals surface area contributed by atoms with Gasteiger partial charge < -0.3 is 9.47 Å². The van der Waals surface area contributed by atoms with E-state index >= 15 is 0 Å². The molecule has 2 aliphatic heterocycles. The summed E-state index contributed by atoms with van der Waals surface area (Å²) in [5, 5.41) is 4.35. The lowest BCUT2D eigenvalue weighted by atomic mass is 9.81. The molecule has 0 amide bonds. The van der Waals surface area contributed by atoms with Crippen LogP contribution >= 0.6 is 0 Å². The van der Waals surface area contributed by atoms with E-state index in [9.17, 15) is 0 Å². The topological polar surface area (TPSA) is 52.4 Å². The second-order valence-electron chi connectivity index (χ2n) is 7.12. The van der Waals surface area contributed by atoms with Crippen molar-refractivity contribution in [2.45, 2.75) is 38.6 Å². The quantitative estimate of drug-likeness (QED) is 0.771. The van der Waals surface area contributed by atoms with Crippen LogP contribution in [-0.2, 0) is 29.2 Å². The monoisotopic (exact) mass is 342 g/mol. The molecule has 134 valence electrons. The Morgan fingerprint density at radius 2 is 2.12 bits per heavy atom. The van der Waals surface area contributed by atoms with Crippen molar-refractivity contribution >= 4 is 0 Å². The Hall–Kier alpha value is -1.76. The fraction of sp³-hybridized carbons (Fsp3) is 0.579. The normalized spacial score (nSPS) is 22.4. The zero-order chi connectivity index (χ0) is 17.1. The highest BCUT2D eigenvalue weighted by Gasteiger charge is 2.52. The van der Waals surface area contributed by atoms with Crippen LogP contribution in [0.4, 0.5) is 0 Å². The molecule has 6 heteroatoms. The molecule has 2 aromatic heterocycles. The molecule has 0 saturated carbocycles. The second kappa shape index (κ2) is 7.23. The van der Waals surface area contributed by atoms with Gasteiger partial charge in [-0.1, -0.05) is 0 Å². The molecule has 0 radical (unpaired) electrons. The number of pyridine rings is 1. The zero-order valence-electron chi connectivity index (χ0n) is 14.8. The van der Waals surface area contributed by atoms with Crippen LogP contribution in [0.15, 0.2) is 36.9 Å². The fourth-order valence-corrected chi connectivity index (χ4v) is 3.91. The van der Waals surface area contributed by atoms with E-state index in [4.69, 9.17) is 9.47 Å². The number of nitrogens with zero attached hydrogens (tertiary/aromatic N) is 4. The molecule has 6 nitrogen and oxygen atoms in total. The van der Waals surface area contributed by atoms with Gasteiger partial charge in [0.15, 0.2) is 0 Å². The van der Waals surface area contributed by atoms with E-state index in [0.29, 0.717) is 12.5 Å². The van der Waals surface area contributed by atoms with Gasteiger partial charge in [0.2, 0.25) is 0 Å². The van der Waals surface area contributed by atoms with E-state index in [1.807, 2.05) is 35.4 Å². The van der Waals surface area contributed by atoms with E-state index in [0.717, 1.165) is 45.8 Å². The predicted molar refractivity (Wildman–Crippen MR) is 93.9 cm³/mol. The van der Waals surface area contributed by atoms with Gasteiger partial charge in [-0.3, -0.25) is 14.6 Å².